The van der Waals surface area contributed by atoms with Gasteiger partial charge in [-0.25, -0.2) is 0 Å². The number of carboxylic acids is 1. The molecule has 1 rings (SSSR count). The maximum Gasteiger partial charge on any atom is 0.303 e. The highest BCUT2D eigenvalue weighted by Crippen LogP contribution is 2.19. The maximum atomic E-state index is 12.0. The third kappa shape index (κ3) is 5.87. The fourth-order valence-corrected chi connectivity index (χ4v) is 1.99. The first-order valence-corrected chi connectivity index (χ1v) is 7.09. The fourth-order valence-electron chi connectivity index (χ4n) is 1.99. The number of carbonyl (C=O) groups excluding carboxylic acids is 1. The Hall–Kier alpha value is -1.84. The standard InChI is InChI=1S/C16H23NO3/c1-3-12(2)11-15(18)17-14(9-10-16(19)20)13-7-5-4-6-8-13/h4-8,12,14H,3,9-11H2,1-2H3,(H,17,18)(H,19,20). The van der Waals surface area contributed by atoms with Gasteiger partial charge in [-0.05, 0) is 17.9 Å². The van der Waals surface area contributed by atoms with Crippen LogP contribution in [0, 0.1) is 5.92 Å². The second kappa shape index (κ2) is 8.35. The van der Waals surface area contributed by atoms with Gasteiger partial charge in [0, 0.05) is 12.8 Å². The van der Waals surface area contributed by atoms with E-state index in [9.17, 15) is 9.59 Å². The molecule has 2 unspecified atom stereocenters. The van der Waals surface area contributed by atoms with E-state index in [-0.39, 0.29) is 18.4 Å². The van der Waals surface area contributed by atoms with Crippen molar-refractivity contribution >= 4 is 11.9 Å². The van der Waals surface area contributed by atoms with Crippen LogP contribution < -0.4 is 5.32 Å². The lowest BCUT2D eigenvalue weighted by Gasteiger charge is -2.19. The number of hydrogen-bond acceptors (Lipinski definition) is 2. The van der Waals surface area contributed by atoms with Gasteiger partial charge < -0.3 is 10.4 Å². The van der Waals surface area contributed by atoms with Gasteiger partial charge in [0.05, 0.1) is 6.04 Å². The van der Waals surface area contributed by atoms with Gasteiger partial charge in [0.2, 0.25) is 5.91 Å². The molecule has 0 heterocycles. The van der Waals surface area contributed by atoms with Crippen LogP contribution in [0.4, 0.5) is 0 Å². The Morgan fingerprint density at radius 1 is 1.25 bits per heavy atom. The van der Waals surface area contributed by atoms with Crippen molar-refractivity contribution in [2.45, 2.75) is 45.6 Å². The van der Waals surface area contributed by atoms with E-state index in [0.29, 0.717) is 18.8 Å². The zero-order chi connectivity index (χ0) is 15.0. The summed E-state index contributed by atoms with van der Waals surface area (Å²) in [6, 6.07) is 9.28. The SMILES string of the molecule is CCC(C)CC(=O)NC(CCC(=O)O)c1ccccc1. The first kappa shape index (κ1) is 16.2. The lowest BCUT2D eigenvalue weighted by atomic mass is 10.00. The highest BCUT2D eigenvalue weighted by molar-refractivity contribution is 5.76. The van der Waals surface area contributed by atoms with Crippen molar-refractivity contribution in [3.63, 3.8) is 0 Å². The summed E-state index contributed by atoms with van der Waals surface area (Å²) in [6.07, 6.45) is 1.89. The van der Waals surface area contributed by atoms with Gasteiger partial charge in [0.1, 0.15) is 0 Å². The second-order valence-corrected chi connectivity index (χ2v) is 5.18. The minimum atomic E-state index is -0.845. The van der Waals surface area contributed by atoms with E-state index in [2.05, 4.69) is 12.2 Å². The number of benzene rings is 1. The zero-order valence-corrected chi connectivity index (χ0v) is 12.1. The van der Waals surface area contributed by atoms with Crippen LogP contribution in [-0.4, -0.2) is 17.0 Å². The molecule has 0 spiro atoms. The Morgan fingerprint density at radius 2 is 1.90 bits per heavy atom. The van der Waals surface area contributed by atoms with Crippen molar-refractivity contribution in [3.8, 4) is 0 Å². The van der Waals surface area contributed by atoms with Crippen LogP contribution >= 0.6 is 0 Å². The minimum absolute atomic E-state index is 0.0152. The Kier molecular flexibility index (Phi) is 6.77. The van der Waals surface area contributed by atoms with Crippen LogP contribution in [0.1, 0.15) is 51.1 Å². The molecule has 0 aliphatic heterocycles. The predicted octanol–water partition coefficient (Wildman–Crippen LogP) is 3.14. The zero-order valence-electron chi connectivity index (χ0n) is 12.1. The summed E-state index contributed by atoms with van der Waals surface area (Å²) in [5.74, 6) is -0.522. The van der Waals surface area contributed by atoms with E-state index in [4.69, 9.17) is 5.11 Å². The van der Waals surface area contributed by atoms with Crippen molar-refractivity contribution in [3.05, 3.63) is 35.9 Å². The van der Waals surface area contributed by atoms with Crippen LogP contribution in [-0.2, 0) is 9.59 Å². The first-order valence-electron chi connectivity index (χ1n) is 7.09. The van der Waals surface area contributed by atoms with Crippen molar-refractivity contribution in [1.29, 1.82) is 0 Å². The van der Waals surface area contributed by atoms with Gasteiger partial charge in [-0.3, -0.25) is 9.59 Å². The van der Waals surface area contributed by atoms with Crippen LogP contribution in [0.5, 0.6) is 0 Å². The summed E-state index contributed by atoms with van der Waals surface area (Å²) in [6.45, 7) is 4.09. The number of carboxylic acid groups (broad SMARTS) is 1. The Balaban J connectivity index is 2.68. The molecule has 0 aromatic heterocycles. The van der Waals surface area contributed by atoms with E-state index in [1.54, 1.807) is 0 Å². The van der Waals surface area contributed by atoms with Crippen molar-refractivity contribution < 1.29 is 14.7 Å². The topological polar surface area (TPSA) is 66.4 Å². The minimum Gasteiger partial charge on any atom is -0.481 e. The highest BCUT2D eigenvalue weighted by Gasteiger charge is 2.16. The molecule has 0 fully saturated rings. The van der Waals surface area contributed by atoms with Gasteiger partial charge in [0.25, 0.3) is 0 Å². The van der Waals surface area contributed by atoms with Crippen molar-refractivity contribution in [1.82, 2.24) is 5.32 Å². The van der Waals surface area contributed by atoms with E-state index < -0.39 is 5.97 Å². The average molecular weight is 277 g/mol. The summed E-state index contributed by atoms with van der Waals surface area (Å²) in [4.78, 5) is 22.7. The Morgan fingerprint density at radius 3 is 2.45 bits per heavy atom. The van der Waals surface area contributed by atoms with Gasteiger partial charge in [-0.2, -0.15) is 0 Å². The lowest BCUT2D eigenvalue weighted by Crippen LogP contribution is -2.30. The molecule has 4 heteroatoms. The van der Waals surface area contributed by atoms with Crippen LogP contribution in [0.3, 0.4) is 0 Å². The predicted molar refractivity (Wildman–Crippen MR) is 78.3 cm³/mol. The molecule has 0 aliphatic rings. The number of amides is 1. The largest absolute Gasteiger partial charge is 0.481 e. The van der Waals surface area contributed by atoms with Crippen LogP contribution in [0.2, 0.25) is 0 Å². The smallest absolute Gasteiger partial charge is 0.303 e. The summed E-state index contributed by atoms with van der Waals surface area (Å²) in [7, 11) is 0. The average Bonchev–Trinajstić information content (AvgIpc) is 2.44. The molecule has 1 aromatic carbocycles. The molecule has 0 aliphatic carbocycles. The van der Waals surface area contributed by atoms with Crippen molar-refractivity contribution in [2.24, 2.45) is 5.92 Å². The molecule has 20 heavy (non-hydrogen) atoms. The molecule has 4 nitrogen and oxygen atoms in total. The number of aliphatic carboxylic acids is 1. The molecular weight excluding hydrogens is 254 g/mol. The van der Waals surface area contributed by atoms with Gasteiger partial charge in [-0.1, -0.05) is 50.6 Å². The van der Waals surface area contributed by atoms with E-state index in [0.717, 1.165) is 12.0 Å². The molecule has 2 N–H and O–H groups in total. The molecule has 2 atom stereocenters. The molecular formula is C16H23NO3. The first-order chi connectivity index (χ1) is 9.52. The fraction of sp³-hybridized carbons (Fsp3) is 0.500. The third-order valence-electron chi connectivity index (χ3n) is 3.41. The summed E-state index contributed by atoms with van der Waals surface area (Å²) < 4.78 is 0. The van der Waals surface area contributed by atoms with Crippen LogP contribution in [0.15, 0.2) is 30.3 Å². The lowest BCUT2D eigenvalue weighted by molar-refractivity contribution is -0.137. The molecule has 110 valence electrons. The normalized spacial score (nSPS) is 13.5. The summed E-state index contributed by atoms with van der Waals surface area (Å²) in [5.41, 5.74) is 0.950. The van der Waals surface area contributed by atoms with Crippen molar-refractivity contribution in [2.75, 3.05) is 0 Å². The second-order valence-electron chi connectivity index (χ2n) is 5.18. The summed E-state index contributed by atoms with van der Waals surface area (Å²) >= 11 is 0. The van der Waals surface area contributed by atoms with E-state index >= 15 is 0 Å². The van der Waals surface area contributed by atoms with E-state index in [1.807, 2.05) is 37.3 Å². The number of rotatable bonds is 8. The van der Waals surface area contributed by atoms with Gasteiger partial charge in [-0.15, -0.1) is 0 Å². The number of carbonyl (C=O) groups is 2. The van der Waals surface area contributed by atoms with Gasteiger partial charge in [0.15, 0.2) is 0 Å². The number of nitrogens with one attached hydrogen (secondary N) is 1. The molecule has 0 radical (unpaired) electrons. The van der Waals surface area contributed by atoms with Gasteiger partial charge >= 0.3 is 5.97 Å². The molecule has 0 saturated heterocycles. The molecule has 0 saturated carbocycles. The molecule has 1 amide bonds. The third-order valence-corrected chi connectivity index (χ3v) is 3.41. The maximum absolute atomic E-state index is 12.0. The van der Waals surface area contributed by atoms with Crippen LogP contribution in [0.25, 0.3) is 0 Å². The molecule has 0 bridgehead atoms. The summed E-state index contributed by atoms with van der Waals surface area (Å²) in [5, 5.41) is 11.8. The quantitative estimate of drug-likeness (QED) is 0.767. The highest BCUT2D eigenvalue weighted by atomic mass is 16.4. The van der Waals surface area contributed by atoms with E-state index in [1.165, 1.54) is 0 Å². The number of hydrogen-bond donors (Lipinski definition) is 2. The monoisotopic (exact) mass is 277 g/mol. The molecule has 1 aromatic rings. The Bertz CT molecular complexity index is 431. The Labute approximate surface area is 120 Å².